The first-order valence-electron chi connectivity index (χ1n) is 41.5. The molecule has 8 aliphatic heterocycles. The Kier molecular flexibility index (Phi) is 29.7. The number of fused-ring (bicyclic) bond motifs is 14. The highest BCUT2D eigenvalue weighted by molar-refractivity contribution is 6.33. The van der Waals surface area contributed by atoms with Crippen molar-refractivity contribution in [2.75, 3.05) is 40.8 Å². The quantitative estimate of drug-likeness (QED) is 0.0423. The second kappa shape index (κ2) is 40.6. The molecule has 40 heteroatoms. The van der Waals surface area contributed by atoms with Crippen LogP contribution < -0.4 is 71.5 Å². The summed E-state index contributed by atoms with van der Waals surface area (Å²) >= 11 is 14.3. The molecule has 8 amide bonds. The number of carbonyl (C=O) groups excluding carboxylic acids is 8. The Morgan fingerprint density at radius 3 is 1.91 bits per heavy atom. The third-order valence-electron chi connectivity index (χ3n) is 22.7. The minimum absolute atomic E-state index is 0.0943. The third kappa shape index (κ3) is 21.1. The van der Waals surface area contributed by atoms with Gasteiger partial charge in [-0.3, -0.25) is 38.4 Å². The number of carboxylic acids is 1. The topological polar surface area (TPSA) is 573 Å². The number of phenols is 4. The molecule has 0 spiro atoms. The van der Waals surface area contributed by atoms with Gasteiger partial charge in [0.1, 0.15) is 131 Å². The van der Waals surface area contributed by atoms with E-state index in [2.05, 4.69) is 61.7 Å². The Balaban J connectivity index is 1.04. The van der Waals surface area contributed by atoms with Crippen molar-refractivity contribution in [1.29, 1.82) is 0 Å². The van der Waals surface area contributed by atoms with Crippen molar-refractivity contribution < 1.29 is 138 Å². The van der Waals surface area contributed by atoms with Gasteiger partial charge in [0.25, 0.3) is 0 Å². The van der Waals surface area contributed by atoms with Crippen LogP contribution in [-0.4, -0.2) is 234 Å². The first-order chi connectivity index (χ1) is 61.1. The summed E-state index contributed by atoms with van der Waals surface area (Å²) in [5.74, 6) is -17.5. The lowest BCUT2D eigenvalue weighted by atomic mass is 9.89. The smallest absolute Gasteiger partial charge is 0.335 e. The summed E-state index contributed by atoms with van der Waals surface area (Å²) in [5.41, 5.74) is -2.68. The standard InChI is InChI=1S/C88H100Cl2N10O28/c1-38(2)13-10-8-6-7-9-11-14-61(106)94-70-73(109)75(111)78(86(120)121)128-87(70)127-77-58-31-43-32-59(77)124-55-24-19-42(29-50(55)89)71(107)69-85(119)98-67(80(114)92-25-12-26-100(4)5)48-33-44(102)34-57(125-88-76(112)74(110)72(108)60(37-101)126-88)62(48)47-28-40(17-22-52(47)103)65(82(116)99-69)95-83(117)66(43)96-84(118)68-49-35-46(36-54(105)63(49)90)123-56-30-41(18-23-53(56)104)64(91-3)81(115)93-51(79(113)97-68)27-39-15-20-45(122-58)21-16-39/h15-24,28-36,38,51,60,64-76,78,87-88,91,101-105,107-112H,6-14,25-27,37H2,1-5H3,(H,92,114)(H,93,115)(H,94,106)(H,95,117)(H,96,118)(H,97,113)(H,98,119)(H,99,116)(H,120,121)/t51-,60-,64-,65-,66-,67-,68+,69+,70-,71-,72-,73-,74+,75+,76+,78+,87-,88+/m1/s1. The van der Waals surface area contributed by atoms with Gasteiger partial charge >= 0.3 is 5.97 Å². The number of nitrogens with one attached hydrogen (secondary N) is 9. The maximum absolute atomic E-state index is 16.8. The van der Waals surface area contributed by atoms with Gasteiger partial charge < -0.3 is 147 Å². The molecule has 2 saturated heterocycles. The van der Waals surface area contributed by atoms with Gasteiger partial charge in [-0.05, 0) is 153 Å². The first-order valence-corrected chi connectivity index (χ1v) is 42.3. The number of halogens is 2. The van der Waals surface area contributed by atoms with Gasteiger partial charge in [-0.15, -0.1) is 0 Å². The lowest BCUT2D eigenvalue weighted by Crippen LogP contribution is -2.66. The number of aliphatic hydroxyl groups is 7. The van der Waals surface area contributed by atoms with E-state index >= 15 is 28.8 Å². The van der Waals surface area contributed by atoms with Crippen molar-refractivity contribution in [2.24, 2.45) is 5.92 Å². The zero-order valence-electron chi connectivity index (χ0n) is 69.7. The first kappa shape index (κ1) is 93.7. The molecule has 8 aliphatic rings. The van der Waals surface area contributed by atoms with Crippen molar-refractivity contribution in [3.63, 3.8) is 0 Å². The van der Waals surface area contributed by atoms with Gasteiger partial charge in [0.15, 0.2) is 29.1 Å². The van der Waals surface area contributed by atoms with Crippen LogP contribution >= 0.6 is 23.2 Å². The number of likely N-dealkylation sites (N-methyl/N-ethyl adjacent to an activating group) is 1. The van der Waals surface area contributed by atoms with Crippen LogP contribution in [0.15, 0.2) is 115 Å². The molecule has 38 nitrogen and oxygen atoms in total. The molecule has 684 valence electrons. The number of hydrogen-bond donors (Lipinski definition) is 21. The van der Waals surface area contributed by atoms with Crippen LogP contribution in [0.4, 0.5) is 0 Å². The number of rotatable bonds is 22. The fourth-order valence-corrected chi connectivity index (χ4v) is 16.4. The van der Waals surface area contributed by atoms with Crippen molar-refractivity contribution in [1.82, 2.24) is 52.8 Å². The van der Waals surface area contributed by atoms with E-state index < -0.39 is 271 Å². The predicted molar refractivity (Wildman–Crippen MR) is 452 cm³/mol. The lowest BCUT2D eigenvalue weighted by molar-refractivity contribution is -0.277. The van der Waals surface area contributed by atoms with E-state index in [-0.39, 0.29) is 47.8 Å². The number of aliphatic carboxylic acids is 1. The average Bonchev–Trinajstić information content (AvgIpc) is 0.755. The summed E-state index contributed by atoms with van der Waals surface area (Å²) in [6.07, 6.45) is -15.8. The predicted octanol–water partition coefficient (Wildman–Crippen LogP) is 4.17. The summed E-state index contributed by atoms with van der Waals surface area (Å²) in [6.45, 7) is 3.61. The number of aliphatic hydroxyl groups excluding tert-OH is 7. The number of ether oxygens (including phenoxy) is 7. The van der Waals surface area contributed by atoms with Crippen molar-refractivity contribution in [2.45, 2.75) is 188 Å². The van der Waals surface area contributed by atoms with Gasteiger partial charge in [0.2, 0.25) is 65.6 Å². The maximum atomic E-state index is 16.8. The van der Waals surface area contributed by atoms with Crippen LogP contribution in [0, 0.1) is 5.92 Å². The van der Waals surface area contributed by atoms with Crippen LogP contribution in [0.5, 0.6) is 69.0 Å². The summed E-state index contributed by atoms with van der Waals surface area (Å²) in [7, 11) is 4.95. The van der Waals surface area contributed by atoms with Gasteiger partial charge in [0, 0.05) is 48.2 Å². The number of hydrogen-bond acceptors (Lipinski definition) is 29. The number of benzene rings is 7. The number of aromatic hydroxyl groups is 4. The zero-order valence-corrected chi connectivity index (χ0v) is 71.2. The number of carbonyl (C=O) groups is 9. The molecule has 21 N–H and O–H groups in total. The minimum atomic E-state index is -2.45. The summed E-state index contributed by atoms with van der Waals surface area (Å²) < 4.78 is 44.5. The van der Waals surface area contributed by atoms with Crippen LogP contribution in [0.2, 0.25) is 10.0 Å². The van der Waals surface area contributed by atoms with Crippen molar-refractivity contribution in [3.05, 3.63) is 164 Å². The van der Waals surface area contributed by atoms with Crippen molar-refractivity contribution in [3.8, 4) is 80.1 Å². The van der Waals surface area contributed by atoms with E-state index in [0.29, 0.717) is 30.9 Å². The van der Waals surface area contributed by atoms with E-state index in [9.17, 15) is 75.7 Å². The molecule has 0 aromatic heterocycles. The molecule has 0 saturated carbocycles. The van der Waals surface area contributed by atoms with Crippen LogP contribution in [0.3, 0.4) is 0 Å². The number of phenolic OH excluding ortho intramolecular Hbond substituents is 4. The Hall–Kier alpha value is -11.9. The van der Waals surface area contributed by atoms with Crippen LogP contribution in [0.25, 0.3) is 11.1 Å². The molecular formula is C88H100Cl2N10O28. The normalized spacial score (nSPS) is 25.8. The molecule has 8 heterocycles. The summed E-state index contributed by atoms with van der Waals surface area (Å²) in [5, 5.41) is 161. The van der Waals surface area contributed by atoms with Gasteiger partial charge in [0.05, 0.1) is 16.7 Å². The van der Waals surface area contributed by atoms with Gasteiger partial charge in [-0.25, -0.2) is 4.79 Å². The van der Waals surface area contributed by atoms with E-state index in [4.69, 9.17) is 56.4 Å². The largest absolute Gasteiger partial charge is 0.508 e. The Morgan fingerprint density at radius 1 is 0.562 bits per heavy atom. The monoisotopic (exact) mass is 1810 g/mol. The molecule has 2 fully saturated rings. The van der Waals surface area contributed by atoms with Crippen LogP contribution in [0.1, 0.15) is 147 Å². The molecular weight excluding hydrogens is 1720 g/mol. The summed E-state index contributed by atoms with van der Waals surface area (Å²) in [4.78, 5) is 140. The van der Waals surface area contributed by atoms with E-state index in [0.717, 1.165) is 105 Å². The molecule has 7 aromatic rings. The second-order valence-corrected chi connectivity index (χ2v) is 33.5. The number of carboxylic acid groups (broad SMARTS) is 1. The highest BCUT2D eigenvalue weighted by Gasteiger charge is 2.52. The van der Waals surface area contributed by atoms with Gasteiger partial charge in [-0.2, -0.15) is 0 Å². The van der Waals surface area contributed by atoms with E-state index in [1.54, 1.807) is 19.0 Å². The highest BCUT2D eigenvalue weighted by Crippen LogP contribution is 2.51. The lowest BCUT2D eigenvalue weighted by Gasteiger charge is -2.41. The third-order valence-corrected chi connectivity index (χ3v) is 23.4. The minimum Gasteiger partial charge on any atom is -0.508 e. The number of nitrogens with zero attached hydrogens (tertiary/aromatic N) is 1. The molecule has 128 heavy (non-hydrogen) atoms. The van der Waals surface area contributed by atoms with E-state index in [1.807, 2.05) is 0 Å². The van der Waals surface area contributed by atoms with Crippen LogP contribution in [-0.2, 0) is 59.0 Å². The van der Waals surface area contributed by atoms with Crippen molar-refractivity contribution >= 4 is 76.4 Å². The molecule has 0 unspecified atom stereocenters. The molecule has 7 aromatic carbocycles. The van der Waals surface area contributed by atoms with Gasteiger partial charge in [-0.1, -0.05) is 106 Å². The molecule has 0 radical (unpaired) electrons. The fourth-order valence-electron chi connectivity index (χ4n) is 15.9. The number of unbranched alkanes of at least 4 members (excludes halogenated alkanes) is 5. The summed E-state index contributed by atoms with van der Waals surface area (Å²) in [6, 6.07) is 5.68. The molecule has 15 rings (SSSR count). The molecule has 17 bridgehead atoms. The van der Waals surface area contributed by atoms with E-state index in [1.165, 1.54) is 49.5 Å². The maximum Gasteiger partial charge on any atom is 0.335 e. The molecule has 18 atom stereocenters. The zero-order chi connectivity index (χ0) is 92.0. The SMILES string of the molecule is CN[C@H]1C(=O)N[C@@H]2Cc3ccc(cc3)Oc3cc4cc(c3O[C@@H]3O[C@H](C(=O)O)[C@@H](O)[C@H](O)[C@H]3NC(=O)CCCCCCCCC(C)C)Oc3ccc(cc3Cl)[C@@H](O)[C@@H]3NC(=O)[C@H](NC(=O)[C@@H]4NC(=O)[C@@H](NC2=O)c2cc(cc(O)c2Cl)Oc2cc1ccc2O)c1ccc(O)c(c1)-c1c(O[C@H]2O[C@H](CO)[C@@H](O)[C@H](O)[C@@H]2O)cc(O)cc1[C@H](C(=O)NCCCN(C)C)NC3=O. The Labute approximate surface area is 742 Å². The average molecular weight is 1820 g/mol. The number of amides is 8. The Bertz CT molecular complexity index is 5340. The second-order valence-electron chi connectivity index (χ2n) is 32.7. The fraction of sp³-hybridized carbons (Fsp3) is 0.420. The molecule has 0 aliphatic carbocycles. The Morgan fingerprint density at radius 2 is 1.21 bits per heavy atom. The highest BCUT2D eigenvalue weighted by atomic mass is 35.5.